The highest BCUT2D eigenvalue weighted by atomic mass is 16.7. The second kappa shape index (κ2) is 25.4. The molecule has 41 heavy (non-hydrogen) atoms. The third-order valence-electron chi connectivity index (χ3n) is 7.58. The number of hydrogen-bond acceptors (Lipinski definition) is 4. The largest absolute Gasteiger partial charge is 0.490 e. The molecule has 0 bridgehead atoms. The maximum absolute atomic E-state index is 12.0. The van der Waals surface area contributed by atoms with Gasteiger partial charge in [0.15, 0.2) is 5.75 Å². The van der Waals surface area contributed by atoms with Crippen LogP contribution in [0, 0.1) is 0 Å². The van der Waals surface area contributed by atoms with E-state index in [0.717, 1.165) is 43.6 Å². The minimum absolute atomic E-state index is 0.0491. The van der Waals surface area contributed by atoms with E-state index >= 15 is 0 Å². The summed E-state index contributed by atoms with van der Waals surface area (Å²) in [5.41, 5.74) is 0.0539. The van der Waals surface area contributed by atoms with Gasteiger partial charge in [0, 0.05) is 0 Å². The van der Waals surface area contributed by atoms with Crippen LogP contribution in [0.25, 0.3) is 0 Å². The number of carbonyl (C=O) groups is 2. The number of rotatable bonds is 28. The highest BCUT2D eigenvalue weighted by Crippen LogP contribution is 2.33. The summed E-state index contributed by atoms with van der Waals surface area (Å²) in [4.78, 5) is 29.5. The smallest absolute Gasteiger partial charge is 0.436 e. The summed E-state index contributed by atoms with van der Waals surface area (Å²) >= 11 is 0. The van der Waals surface area contributed by atoms with Gasteiger partial charge in [0.1, 0.15) is 11.3 Å². The molecule has 0 aliphatic rings. The van der Waals surface area contributed by atoms with Gasteiger partial charge >= 0.3 is 12.1 Å². The number of hydrogen-bond donors (Lipinski definition) is 2. The zero-order valence-corrected chi connectivity index (χ0v) is 26.2. The van der Waals surface area contributed by atoms with Gasteiger partial charge in [-0.05, 0) is 25.0 Å². The fourth-order valence-corrected chi connectivity index (χ4v) is 5.10. The van der Waals surface area contributed by atoms with E-state index in [2.05, 4.69) is 13.8 Å². The number of carboxylic acids is 1. The Morgan fingerprint density at radius 3 is 1.44 bits per heavy atom. The van der Waals surface area contributed by atoms with Gasteiger partial charge in [-0.25, -0.2) is 9.59 Å². The van der Waals surface area contributed by atoms with Gasteiger partial charge in [-0.3, -0.25) is 4.84 Å². The first-order chi connectivity index (χ1) is 20.0. The van der Waals surface area contributed by atoms with Crippen molar-refractivity contribution in [1.29, 1.82) is 0 Å². The number of anilines is 1. The van der Waals surface area contributed by atoms with E-state index in [1.807, 2.05) is 0 Å². The van der Waals surface area contributed by atoms with Gasteiger partial charge < -0.3 is 14.9 Å². The average molecular weight is 578 g/mol. The van der Waals surface area contributed by atoms with Crippen LogP contribution >= 0.6 is 0 Å². The summed E-state index contributed by atoms with van der Waals surface area (Å²) in [5, 5.41) is 20.3. The number of para-hydroxylation sites is 1. The van der Waals surface area contributed by atoms with Crippen LogP contribution in [0.4, 0.5) is 10.5 Å². The molecule has 236 valence electrons. The van der Waals surface area contributed by atoms with Crippen molar-refractivity contribution < 1.29 is 29.4 Å². The molecule has 1 rings (SSSR count). The number of unbranched alkanes of at least 4 members (excludes halogenated alkanes) is 20. The number of ether oxygens (including phenoxy) is 1. The first-order valence-corrected chi connectivity index (χ1v) is 16.7. The van der Waals surface area contributed by atoms with Crippen LogP contribution in [0.3, 0.4) is 0 Å². The number of hydroxylamine groups is 1. The van der Waals surface area contributed by atoms with Gasteiger partial charge in [0.2, 0.25) is 0 Å². The van der Waals surface area contributed by atoms with Gasteiger partial charge in [0.05, 0.1) is 13.2 Å². The molecule has 0 fully saturated rings. The van der Waals surface area contributed by atoms with Crippen molar-refractivity contribution in [3.8, 4) is 5.75 Å². The molecule has 0 aliphatic carbocycles. The molecule has 0 saturated carbocycles. The molecule has 7 nitrogen and oxygen atoms in total. The van der Waals surface area contributed by atoms with E-state index in [9.17, 15) is 19.8 Å². The fourth-order valence-electron chi connectivity index (χ4n) is 5.10. The van der Waals surface area contributed by atoms with Crippen LogP contribution in [0.5, 0.6) is 5.75 Å². The molecule has 0 aliphatic heterocycles. The molecule has 0 heterocycles. The van der Waals surface area contributed by atoms with Crippen LogP contribution in [0.2, 0.25) is 0 Å². The average Bonchev–Trinajstić information content (AvgIpc) is 2.96. The monoisotopic (exact) mass is 577 g/mol. The van der Waals surface area contributed by atoms with Crippen molar-refractivity contribution in [2.24, 2.45) is 0 Å². The molecule has 0 atom stereocenters. The summed E-state index contributed by atoms with van der Waals surface area (Å²) in [6.45, 7) is 5.05. The van der Waals surface area contributed by atoms with Gasteiger partial charge in [-0.2, -0.15) is 0 Å². The van der Waals surface area contributed by atoms with Gasteiger partial charge in [-0.15, -0.1) is 5.06 Å². The molecule has 1 aromatic carbocycles. The van der Waals surface area contributed by atoms with Gasteiger partial charge in [-0.1, -0.05) is 148 Å². The van der Waals surface area contributed by atoms with Crippen LogP contribution in [0.1, 0.15) is 165 Å². The summed E-state index contributed by atoms with van der Waals surface area (Å²) in [6, 6.07) is 4.50. The quantitative estimate of drug-likeness (QED) is 0.0759. The van der Waals surface area contributed by atoms with Crippen molar-refractivity contribution in [3.05, 3.63) is 23.8 Å². The van der Waals surface area contributed by atoms with Crippen LogP contribution in [-0.2, 0) is 4.84 Å². The van der Waals surface area contributed by atoms with E-state index in [1.165, 1.54) is 121 Å². The van der Waals surface area contributed by atoms with Crippen molar-refractivity contribution in [1.82, 2.24) is 0 Å². The van der Waals surface area contributed by atoms with Crippen LogP contribution in [-0.4, -0.2) is 35.5 Å². The highest BCUT2D eigenvalue weighted by molar-refractivity contribution is 5.96. The molecule has 1 aromatic rings. The number of amides is 1. The minimum atomic E-state index is -1.30. The van der Waals surface area contributed by atoms with Crippen LogP contribution < -0.4 is 9.80 Å². The summed E-state index contributed by atoms with van der Waals surface area (Å²) in [6.07, 6.45) is 25.1. The molecule has 0 aromatic heterocycles. The van der Waals surface area contributed by atoms with E-state index < -0.39 is 12.1 Å². The number of aromatic carboxylic acids is 1. The molecular formula is C34H59NO6. The topological polar surface area (TPSA) is 96.3 Å². The third kappa shape index (κ3) is 18.0. The van der Waals surface area contributed by atoms with E-state index in [4.69, 9.17) is 9.57 Å². The first kappa shape index (κ1) is 36.7. The Bertz CT molecular complexity index is 799. The Balaban J connectivity index is 2.42. The predicted octanol–water partition coefficient (Wildman–Crippen LogP) is 10.8. The van der Waals surface area contributed by atoms with Crippen molar-refractivity contribution in [2.45, 2.75) is 155 Å². The van der Waals surface area contributed by atoms with Crippen LogP contribution in [0.15, 0.2) is 18.2 Å². The Kier molecular flexibility index (Phi) is 22.8. The number of carboxylic acid groups (broad SMARTS) is 2. The molecular weight excluding hydrogens is 518 g/mol. The normalized spacial score (nSPS) is 11.1. The molecule has 0 spiro atoms. The molecule has 0 radical (unpaired) electrons. The Morgan fingerprint density at radius 1 is 0.610 bits per heavy atom. The lowest BCUT2D eigenvalue weighted by Crippen LogP contribution is -2.30. The van der Waals surface area contributed by atoms with E-state index in [1.54, 1.807) is 0 Å². The van der Waals surface area contributed by atoms with E-state index in [-0.39, 0.29) is 23.6 Å². The Labute approximate surface area is 250 Å². The summed E-state index contributed by atoms with van der Waals surface area (Å²) in [5.74, 6) is -1.11. The number of nitrogens with zero attached hydrogens (tertiary/aromatic N) is 1. The van der Waals surface area contributed by atoms with Crippen molar-refractivity contribution >= 4 is 17.7 Å². The second-order valence-corrected chi connectivity index (χ2v) is 11.3. The Morgan fingerprint density at radius 2 is 1.02 bits per heavy atom. The molecule has 7 heteroatoms. The minimum Gasteiger partial charge on any atom is -0.490 e. The second-order valence-electron chi connectivity index (χ2n) is 11.3. The number of benzene rings is 1. The first-order valence-electron chi connectivity index (χ1n) is 16.7. The molecule has 0 unspecified atom stereocenters. The standard InChI is InChI=1S/C34H59NO6/c1-3-5-7-9-11-13-15-16-18-20-22-24-29-41-35(34(38)39)31-27-25-26-30(33(36)37)32(31)40-28-23-21-19-17-14-12-10-8-6-4-2/h25-27H,3-24,28-29H2,1-2H3,(H,36,37)(H,38,39). The maximum atomic E-state index is 12.0. The lowest BCUT2D eigenvalue weighted by atomic mass is 10.1. The van der Waals surface area contributed by atoms with Crippen molar-refractivity contribution in [3.63, 3.8) is 0 Å². The molecule has 2 N–H and O–H groups in total. The third-order valence-corrected chi connectivity index (χ3v) is 7.58. The molecule has 1 amide bonds. The SMILES string of the molecule is CCCCCCCCCCCCCCON(C(=O)O)c1cccc(C(=O)O)c1OCCCCCCCCCCCC. The lowest BCUT2D eigenvalue weighted by molar-refractivity contribution is 0.0689. The van der Waals surface area contributed by atoms with Gasteiger partial charge in [0.25, 0.3) is 0 Å². The van der Waals surface area contributed by atoms with E-state index in [0.29, 0.717) is 6.61 Å². The summed E-state index contributed by atoms with van der Waals surface area (Å²) < 4.78 is 5.89. The molecule has 0 saturated heterocycles. The summed E-state index contributed by atoms with van der Waals surface area (Å²) in [7, 11) is 0. The van der Waals surface area contributed by atoms with Crippen molar-refractivity contribution in [2.75, 3.05) is 18.3 Å². The maximum Gasteiger partial charge on any atom is 0.436 e. The zero-order valence-electron chi connectivity index (χ0n) is 26.2. The fraction of sp³-hybridized carbons (Fsp3) is 0.765. The predicted molar refractivity (Wildman–Crippen MR) is 168 cm³/mol. The highest BCUT2D eigenvalue weighted by Gasteiger charge is 2.24. The zero-order chi connectivity index (χ0) is 30.0. The lowest BCUT2D eigenvalue weighted by Gasteiger charge is -2.22. The Hall–Kier alpha value is -2.28.